The molecule has 0 aliphatic rings. The third-order valence-electron chi connectivity index (χ3n) is 3.06. The van der Waals surface area contributed by atoms with Gasteiger partial charge in [0.15, 0.2) is 5.96 Å². The lowest BCUT2D eigenvalue weighted by Gasteiger charge is -2.12. The van der Waals surface area contributed by atoms with Crippen molar-refractivity contribution in [2.24, 2.45) is 4.99 Å². The van der Waals surface area contributed by atoms with Crippen molar-refractivity contribution in [3.8, 4) is 0 Å². The minimum absolute atomic E-state index is 0. The summed E-state index contributed by atoms with van der Waals surface area (Å²) in [6, 6.07) is 4.99. The third kappa shape index (κ3) is 9.80. The van der Waals surface area contributed by atoms with Gasteiger partial charge in [-0.1, -0.05) is 12.1 Å². The molecule has 0 spiro atoms. The predicted octanol–water partition coefficient (Wildman–Crippen LogP) is 2.14. The van der Waals surface area contributed by atoms with Crippen LogP contribution in [0, 0.1) is 0 Å². The van der Waals surface area contributed by atoms with Crippen molar-refractivity contribution in [3.05, 3.63) is 35.4 Å². The molecule has 0 heterocycles. The predicted molar refractivity (Wildman–Crippen MR) is 105 cm³/mol. The average Bonchev–Trinajstić information content (AvgIpc) is 2.57. The SMILES string of the molecule is CCNC(=NCc1cccc(C(F)(F)F)c1)NCC(=O)NCCOC.I. The smallest absolute Gasteiger partial charge is 0.383 e. The van der Waals surface area contributed by atoms with Crippen molar-refractivity contribution < 1.29 is 22.7 Å². The van der Waals surface area contributed by atoms with Crippen LogP contribution in [0.5, 0.6) is 0 Å². The van der Waals surface area contributed by atoms with Crippen LogP contribution in [-0.2, 0) is 22.3 Å². The Balaban J connectivity index is 0.00000625. The molecule has 26 heavy (non-hydrogen) atoms. The van der Waals surface area contributed by atoms with Gasteiger partial charge in [0.05, 0.1) is 25.3 Å². The number of nitrogens with one attached hydrogen (secondary N) is 3. The van der Waals surface area contributed by atoms with E-state index >= 15 is 0 Å². The summed E-state index contributed by atoms with van der Waals surface area (Å²) in [5.74, 6) is 0.114. The lowest BCUT2D eigenvalue weighted by molar-refractivity contribution is -0.137. The highest BCUT2D eigenvalue weighted by molar-refractivity contribution is 14.0. The molecule has 0 bridgehead atoms. The lowest BCUT2D eigenvalue weighted by atomic mass is 10.1. The zero-order chi connectivity index (χ0) is 18.7. The fraction of sp³-hybridized carbons (Fsp3) is 0.500. The van der Waals surface area contributed by atoms with E-state index in [9.17, 15) is 18.0 Å². The maximum atomic E-state index is 12.7. The van der Waals surface area contributed by atoms with Gasteiger partial charge in [-0.15, -0.1) is 24.0 Å². The van der Waals surface area contributed by atoms with E-state index in [0.29, 0.717) is 31.2 Å². The zero-order valence-corrected chi connectivity index (χ0v) is 17.0. The average molecular weight is 488 g/mol. The molecule has 0 atom stereocenters. The second-order valence-corrected chi connectivity index (χ2v) is 5.09. The first-order valence-electron chi connectivity index (χ1n) is 7.80. The molecule has 6 nitrogen and oxygen atoms in total. The molecule has 1 aromatic rings. The van der Waals surface area contributed by atoms with E-state index in [1.54, 1.807) is 6.07 Å². The van der Waals surface area contributed by atoms with Gasteiger partial charge in [0, 0.05) is 20.2 Å². The first-order valence-corrected chi connectivity index (χ1v) is 7.80. The molecule has 148 valence electrons. The van der Waals surface area contributed by atoms with Crippen LogP contribution in [0.3, 0.4) is 0 Å². The fourth-order valence-electron chi connectivity index (χ4n) is 1.88. The largest absolute Gasteiger partial charge is 0.416 e. The number of benzene rings is 1. The molecule has 3 N–H and O–H groups in total. The van der Waals surface area contributed by atoms with Crippen molar-refractivity contribution in [2.75, 3.05) is 33.4 Å². The second kappa shape index (κ2) is 12.7. The molecular weight excluding hydrogens is 464 g/mol. The number of hydrogen-bond acceptors (Lipinski definition) is 3. The van der Waals surface area contributed by atoms with Crippen LogP contribution < -0.4 is 16.0 Å². The Morgan fingerprint density at radius 3 is 2.58 bits per heavy atom. The molecule has 10 heteroatoms. The minimum Gasteiger partial charge on any atom is -0.383 e. The number of guanidine groups is 1. The lowest BCUT2D eigenvalue weighted by Crippen LogP contribution is -2.43. The van der Waals surface area contributed by atoms with Crippen molar-refractivity contribution >= 4 is 35.8 Å². The first-order chi connectivity index (χ1) is 11.9. The van der Waals surface area contributed by atoms with Crippen LogP contribution in [-0.4, -0.2) is 45.2 Å². The summed E-state index contributed by atoms with van der Waals surface area (Å²) in [4.78, 5) is 15.8. The molecule has 0 aliphatic heterocycles. The number of alkyl halides is 3. The van der Waals surface area contributed by atoms with Gasteiger partial charge in [0.2, 0.25) is 5.91 Å². The number of methoxy groups -OCH3 is 1. The number of carbonyl (C=O) groups is 1. The maximum absolute atomic E-state index is 12.7. The highest BCUT2D eigenvalue weighted by Gasteiger charge is 2.30. The molecule has 1 rings (SSSR count). The van der Waals surface area contributed by atoms with E-state index < -0.39 is 11.7 Å². The highest BCUT2D eigenvalue weighted by Crippen LogP contribution is 2.29. The molecular formula is C16H24F3IN4O2. The van der Waals surface area contributed by atoms with E-state index in [1.165, 1.54) is 13.2 Å². The summed E-state index contributed by atoms with van der Waals surface area (Å²) in [5.41, 5.74) is -0.285. The van der Waals surface area contributed by atoms with Gasteiger partial charge in [-0.05, 0) is 24.6 Å². The number of nitrogens with zero attached hydrogens (tertiary/aromatic N) is 1. The van der Waals surface area contributed by atoms with Crippen LogP contribution in [0.2, 0.25) is 0 Å². The third-order valence-corrected chi connectivity index (χ3v) is 3.06. The van der Waals surface area contributed by atoms with Crippen LogP contribution in [0.25, 0.3) is 0 Å². The number of carbonyl (C=O) groups excluding carboxylic acids is 1. The number of halogens is 4. The number of hydrogen-bond donors (Lipinski definition) is 3. The van der Waals surface area contributed by atoms with Crippen molar-refractivity contribution in [2.45, 2.75) is 19.6 Å². The molecule has 0 saturated heterocycles. The summed E-state index contributed by atoms with van der Waals surface area (Å²) >= 11 is 0. The fourth-order valence-corrected chi connectivity index (χ4v) is 1.88. The minimum atomic E-state index is -4.39. The van der Waals surface area contributed by atoms with Crippen molar-refractivity contribution in [3.63, 3.8) is 0 Å². The Bertz CT molecular complexity index is 583. The summed E-state index contributed by atoms with van der Waals surface area (Å²) in [6.45, 7) is 3.27. The van der Waals surface area contributed by atoms with Gasteiger partial charge in [-0.25, -0.2) is 4.99 Å². The Labute approximate surface area is 168 Å². The number of rotatable bonds is 8. The summed E-state index contributed by atoms with van der Waals surface area (Å²) in [5, 5.41) is 8.40. The molecule has 0 aliphatic carbocycles. The molecule has 1 aromatic carbocycles. The van der Waals surface area contributed by atoms with Crippen LogP contribution in [0.1, 0.15) is 18.1 Å². The van der Waals surface area contributed by atoms with Gasteiger partial charge >= 0.3 is 6.18 Å². The maximum Gasteiger partial charge on any atom is 0.416 e. The summed E-state index contributed by atoms with van der Waals surface area (Å²) in [6.07, 6.45) is -4.39. The van der Waals surface area contributed by atoms with Crippen molar-refractivity contribution in [1.29, 1.82) is 0 Å². The van der Waals surface area contributed by atoms with Gasteiger partial charge in [-0.3, -0.25) is 4.79 Å². The van der Waals surface area contributed by atoms with Gasteiger partial charge < -0.3 is 20.7 Å². The van der Waals surface area contributed by atoms with Gasteiger partial charge in [0.25, 0.3) is 0 Å². The Kier molecular flexibility index (Phi) is 12.0. The van der Waals surface area contributed by atoms with E-state index in [4.69, 9.17) is 4.74 Å². The molecule has 0 aromatic heterocycles. The quantitative estimate of drug-likeness (QED) is 0.227. The first kappa shape index (κ1) is 24.4. The monoisotopic (exact) mass is 488 g/mol. The van der Waals surface area contributed by atoms with E-state index in [0.717, 1.165) is 12.1 Å². The van der Waals surface area contributed by atoms with E-state index in [-0.39, 0.29) is 43.0 Å². The normalized spacial score (nSPS) is 11.5. The Morgan fingerprint density at radius 2 is 1.96 bits per heavy atom. The molecule has 0 unspecified atom stereocenters. The van der Waals surface area contributed by atoms with Crippen molar-refractivity contribution in [1.82, 2.24) is 16.0 Å². The molecule has 0 radical (unpaired) electrons. The number of aliphatic imine (C=N–C) groups is 1. The highest BCUT2D eigenvalue weighted by atomic mass is 127. The van der Waals surface area contributed by atoms with E-state index in [1.807, 2.05) is 6.92 Å². The van der Waals surface area contributed by atoms with Crippen LogP contribution in [0.4, 0.5) is 13.2 Å². The summed E-state index contributed by atoms with van der Waals surface area (Å²) in [7, 11) is 1.54. The number of ether oxygens (including phenoxy) is 1. The number of amides is 1. The Hall–Kier alpha value is -1.56. The molecule has 0 saturated carbocycles. The van der Waals surface area contributed by atoms with Crippen LogP contribution >= 0.6 is 24.0 Å². The zero-order valence-electron chi connectivity index (χ0n) is 14.7. The second-order valence-electron chi connectivity index (χ2n) is 5.09. The molecule has 0 fully saturated rings. The van der Waals surface area contributed by atoms with E-state index in [2.05, 4.69) is 20.9 Å². The van der Waals surface area contributed by atoms with Gasteiger partial charge in [-0.2, -0.15) is 13.2 Å². The summed E-state index contributed by atoms with van der Waals surface area (Å²) < 4.78 is 43.0. The van der Waals surface area contributed by atoms with Crippen LogP contribution in [0.15, 0.2) is 29.3 Å². The topological polar surface area (TPSA) is 74.8 Å². The Morgan fingerprint density at radius 1 is 1.23 bits per heavy atom. The standard InChI is InChI=1S/C16H23F3N4O2.HI/c1-3-20-15(23-11-14(24)21-7-8-25-2)22-10-12-5-4-6-13(9-12)16(17,18)19;/h4-6,9H,3,7-8,10-11H2,1-2H3,(H,21,24)(H2,20,22,23);1H. The van der Waals surface area contributed by atoms with Gasteiger partial charge in [0.1, 0.15) is 0 Å². The molecule has 1 amide bonds.